The Morgan fingerprint density at radius 1 is 1.04 bits per heavy atom. The molecule has 2 aromatic carbocycles. The molecule has 0 atom stereocenters. The van der Waals surface area contributed by atoms with Gasteiger partial charge >= 0.3 is 0 Å². The second-order valence-electron chi connectivity index (χ2n) is 5.58. The molecule has 26 heavy (non-hydrogen) atoms. The largest absolute Gasteiger partial charge is 0.317 e. The molecule has 2 amide bonds. The zero-order valence-electron chi connectivity index (χ0n) is 14.1. The average molecular weight is 363 g/mol. The molecule has 5 nitrogen and oxygen atoms in total. The maximum atomic E-state index is 12.6. The first-order valence-electron chi connectivity index (χ1n) is 7.97. The van der Waals surface area contributed by atoms with E-state index in [9.17, 15) is 9.59 Å². The Balaban J connectivity index is 1.84. The number of hydrogen-bond donors (Lipinski definition) is 2. The van der Waals surface area contributed by atoms with Crippen molar-refractivity contribution in [3.8, 4) is 0 Å². The highest BCUT2D eigenvalue weighted by Gasteiger charge is 2.15. The minimum Gasteiger partial charge on any atom is -0.317 e. The van der Waals surface area contributed by atoms with Crippen molar-refractivity contribution in [3.05, 3.63) is 88.6 Å². The molecule has 2 N–H and O–H groups in total. The molecule has 130 valence electrons. The van der Waals surface area contributed by atoms with Crippen LogP contribution < -0.4 is 10.6 Å². The highest BCUT2D eigenvalue weighted by Crippen LogP contribution is 2.13. The molecule has 6 heteroatoms. The highest BCUT2D eigenvalue weighted by atomic mass is 32.1. The van der Waals surface area contributed by atoms with Crippen LogP contribution in [0.25, 0.3) is 6.08 Å². The molecule has 1 aromatic heterocycles. The average Bonchev–Trinajstić information content (AvgIpc) is 3.15. The number of anilines is 1. The van der Waals surface area contributed by atoms with Gasteiger partial charge in [0.25, 0.3) is 11.8 Å². The Labute approximate surface area is 155 Å². The van der Waals surface area contributed by atoms with E-state index < -0.39 is 5.91 Å². The topological polar surface area (TPSA) is 71.1 Å². The molecule has 0 aliphatic heterocycles. The number of aryl methyl sites for hydroxylation is 1. The maximum absolute atomic E-state index is 12.6. The summed E-state index contributed by atoms with van der Waals surface area (Å²) in [7, 11) is 0. The number of carbonyl (C=O) groups excluding carboxylic acids is 2. The van der Waals surface area contributed by atoms with Gasteiger partial charge < -0.3 is 5.32 Å². The SMILES string of the molecule is Cc1ccc(C(=O)N/C(=C\c2ccccc2)C(=O)Nc2nccs2)cc1. The van der Waals surface area contributed by atoms with Gasteiger partial charge in [0.05, 0.1) is 0 Å². The summed E-state index contributed by atoms with van der Waals surface area (Å²) in [4.78, 5) is 29.2. The Morgan fingerprint density at radius 3 is 2.42 bits per heavy atom. The molecule has 3 aromatic rings. The molecule has 0 bridgehead atoms. The first-order valence-corrected chi connectivity index (χ1v) is 8.85. The molecule has 0 saturated heterocycles. The fourth-order valence-electron chi connectivity index (χ4n) is 2.22. The standard InChI is InChI=1S/C20H17N3O2S/c1-14-7-9-16(10-8-14)18(24)22-17(13-15-5-3-2-4-6-15)19(25)23-20-21-11-12-26-20/h2-13H,1H3,(H,22,24)(H,21,23,25)/b17-13-. The smallest absolute Gasteiger partial charge is 0.273 e. The first kappa shape index (κ1) is 17.6. The van der Waals surface area contributed by atoms with Crippen LogP contribution in [0.15, 0.2) is 71.9 Å². The van der Waals surface area contributed by atoms with Crippen LogP contribution in [0.2, 0.25) is 0 Å². The van der Waals surface area contributed by atoms with E-state index >= 15 is 0 Å². The zero-order valence-corrected chi connectivity index (χ0v) is 14.9. The Morgan fingerprint density at radius 2 is 1.77 bits per heavy atom. The quantitative estimate of drug-likeness (QED) is 0.676. The van der Waals surface area contributed by atoms with E-state index in [1.807, 2.05) is 49.4 Å². The van der Waals surface area contributed by atoms with E-state index in [1.54, 1.807) is 29.8 Å². The molecule has 3 rings (SSSR count). The van der Waals surface area contributed by atoms with Crippen molar-refractivity contribution in [2.24, 2.45) is 0 Å². The van der Waals surface area contributed by atoms with E-state index in [-0.39, 0.29) is 11.6 Å². The first-order chi connectivity index (χ1) is 12.6. The molecule has 0 saturated carbocycles. The number of rotatable bonds is 5. The Kier molecular flexibility index (Phi) is 5.56. The van der Waals surface area contributed by atoms with Gasteiger partial charge in [-0.2, -0.15) is 0 Å². The third-order valence-electron chi connectivity index (χ3n) is 3.57. The van der Waals surface area contributed by atoms with Gasteiger partial charge in [0.1, 0.15) is 5.70 Å². The third-order valence-corrected chi connectivity index (χ3v) is 4.26. The molecule has 0 spiro atoms. The molecule has 0 unspecified atom stereocenters. The Bertz CT molecular complexity index is 917. The second kappa shape index (κ2) is 8.22. The van der Waals surface area contributed by atoms with Crippen molar-refractivity contribution in [1.29, 1.82) is 0 Å². The number of aromatic nitrogens is 1. The van der Waals surface area contributed by atoms with E-state index in [0.717, 1.165) is 11.1 Å². The van der Waals surface area contributed by atoms with Crippen molar-refractivity contribution < 1.29 is 9.59 Å². The summed E-state index contributed by atoms with van der Waals surface area (Å²) in [5, 5.41) is 7.63. The summed E-state index contributed by atoms with van der Waals surface area (Å²) in [6.45, 7) is 1.95. The summed E-state index contributed by atoms with van der Waals surface area (Å²) in [5.74, 6) is -0.772. The van der Waals surface area contributed by atoms with E-state index in [1.165, 1.54) is 11.3 Å². The summed E-state index contributed by atoms with van der Waals surface area (Å²) >= 11 is 1.31. The lowest BCUT2D eigenvalue weighted by Gasteiger charge is -2.10. The van der Waals surface area contributed by atoms with Crippen LogP contribution in [0.1, 0.15) is 21.5 Å². The van der Waals surface area contributed by atoms with Crippen LogP contribution in [0, 0.1) is 6.92 Å². The van der Waals surface area contributed by atoms with Gasteiger partial charge in [-0.1, -0.05) is 48.0 Å². The van der Waals surface area contributed by atoms with Gasteiger partial charge in [0.15, 0.2) is 5.13 Å². The third kappa shape index (κ3) is 4.64. The van der Waals surface area contributed by atoms with Gasteiger partial charge in [-0.05, 0) is 30.7 Å². The zero-order chi connectivity index (χ0) is 18.4. The van der Waals surface area contributed by atoms with Gasteiger partial charge in [0, 0.05) is 17.1 Å². The van der Waals surface area contributed by atoms with Crippen LogP contribution in [-0.2, 0) is 4.79 Å². The number of carbonyl (C=O) groups is 2. The number of benzene rings is 2. The van der Waals surface area contributed by atoms with E-state index in [4.69, 9.17) is 0 Å². The fraction of sp³-hybridized carbons (Fsp3) is 0.0500. The van der Waals surface area contributed by atoms with Gasteiger partial charge in [-0.15, -0.1) is 11.3 Å². The van der Waals surface area contributed by atoms with Gasteiger partial charge in [-0.25, -0.2) is 4.98 Å². The number of amides is 2. The number of thiazole rings is 1. The normalized spacial score (nSPS) is 11.0. The van der Waals surface area contributed by atoms with Crippen LogP contribution in [0.5, 0.6) is 0 Å². The fourth-order valence-corrected chi connectivity index (χ4v) is 2.75. The molecular formula is C20H17N3O2S. The minimum absolute atomic E-state index is 0.150. The maximum Gasteiger partial charge on any atom is 0.273 e. The molecule has 0 radical (unpaired) electrons. The summed E-state index contributed by atoms with van der Waals surface area (Å²) in [5.41, 5.74) is 2.50. The molecule has 1 heterocycles. The summed E-state index contributed by atoms with van der Waals surface area (Å²) in [6, 6.07) is 16.5. The highest BCUT2D eigenvalue weighted by molar-refractivity contribution is 7.13. The van der Waals surface area contributed by atoms with Crippen LogP contribution >= 0.6 is 11.3 Å². The number of nitrogens with zero attached hydrogens (tertiary/aromatic N) is 1. The van der Waals surface area contributed by atoms with Crippen LogP contribution in [0.3, 0.4) is 0 Å². The lowest BCUT2D eigenvalue weighted by Crippen LogP contribution is -2.30. The van der Waals surface area contributed by atoms with Gasteiger partial charge in [-0.3, -0.25) is 14.9 Å². The number of nitrogens with one attached hydrogen (secondary N) is 2. The Hall–Kier alpha value is -3.25. The lowest BCUT2D eigenvalue weighted by atomic mass is 10.1. The van der Waals surface area contributed by atoms with E-state index in [0.29, 0.717) is 10.7 Å². The lowest BCUT2D eigenvalue weighted by molar-refractivity contribution is -0.113. The molecule has 0 aliphatic rings. The monoisotopic (exact) mass is 363 g/mol. The summed E-state index contributed by atoms with van der Waals surface area (Å²) < 4.78 is 0. The minimum atomic E-state index is -0.427. The summed E-state index contributed by atoms with van der Waals surface area (Å²) in [6.07, 6.45) is 3.24. The predicted octanol–water partition coefficient (Wildman–Crippen LogP) is 3.86. The van der Waals surface area contributed by atoms with Crippen molar-refractivity contribution in [2.45, 2.75) is 6.92 Å². The van der Waals surface area contributed by atoms with Gasteiger partial charge in [0.2, 0.25) is 0 Å². The van der Waals surface area contributed by atoms with Crippen molar-refractivity contribution in [2.75, 3.05) is 5.32 Å². The molecular weight excluding hydrogens is 346 g/mol. The number of hydrogen-bond acceptors (Lipinski definition) is 4. The van der Waals surface area contributed by atoms with Crippen LogP contribution in [-0.4, -0.2) is 16.8 Å². The molecule has 0 fully saturated rings. The van der Waals surface area contributed by atoms with Crippen molar-refractivity contribution >= 4 is 34.4 Å². The van der Waals surface area contributed by atoms with E-state index in [2.05, 4.69) is 15.6 Å². The predicted molar refractivity (Wildman–Crippen MR) is 104 cm³/mol. The molecule has 0 aliphatic carbocycles. The van der Waals surface area contributed by atoms with Crippen molar-refractivity contribution in [3.63, 3.8) is 0 Å². The van der Waals surface area contributed by atoms with Crippen molar-refractivity contribution in [1.82, 2.24) is 10.3 Å². The second-order valence-corrected chi connectivity index (χ2v) is 6.47. The van der Waals surface area contributed by atoms with Crippen LogP contribution in [0.4, 0.5) is 5.13 Å².